The van der Waals surface area contributed by atoms with Crippen LogP contribution in [0.4, 0.5) is 5.69 Å². The lowest BCUT2D eigenvalue weighted by molar-refractivity contribution is -0.134. The summed E-state index contributed by atoms with van der Waals surface area (Å²) in [6, 6.07) is 4.79. The van der Waals surface area contributed by atoms with E-state index in [9.17, 15) is 9.59 Å². The van der Waals surface area contributed by atoms with Crippen LogP contribution in [-0.2, 0) is 9.59 Å². The van der Waals surface area contributed by atoms with E-state index in [-0.39, 0.29) is 17.7 Å². The van der Waals surface area contributed by atoms with Crippen molar-refractivity contribution in [3.63, 3.8) is 0 Å². The van der Waals surface area contributed by atoms with E-state index >= 15 is 0 Å². The van der Waals surface area contributed by atoms with Crippen LogP contribution in [0.15, 0.2) is 22.7 Å². The Labute approximate surface area is 134 Å². The molecule has 114 valence electrons. The fourth-order valence-electron chi connectivity index (χ4n) is 2.56. The van der Waals surface area contributed by atoms with E-state index < -0.39 is 12.1 Å². The quantitative estimate of drug-likeness (QED) is 0.908. The van der Waals surface area contributed by atoms with Gasteiger partial charge >= 0.3 is 0 Å². The Kier molecular flexibility index (Phi) is 4.71. The van der Waals surface area contributed by atoms with Crippen molar-refractivity contribution in [3.05, 3.63) is 28.2 Å². The monoisotopic (exact) mass is 352 g/mol. The van der Waals surface area contributed by atoms with Gasteiger partial charge in [0.2, 0.25) is 5.91 Å². The predicted octanol–water partition coefficient (Wildman–Crippen LogP) is 3.02. The van der Waals surface area contributed by atoms with Gasteiger partial charge in [0, 0.05) is 4.47 Å². The van der Waals surface area contributed by atoms with Crippen LogP contribution in [0.2, 0.25) is 0 Å². The third-order valence-corrected chi connectivity index (χ3v) is 5.24. The Morgan fingerprint density at radius 3 is 2.67 bits per heavy atom. The van der Waals surface area contributed by atoms with Gasteiger partial charge in [-0.3, -0.25) is 14.5 Å². The highest BCUT2D eigenvalue weighted by atomic mass is 79.9. The van der Waals surface area contributed by atoms with Gasteiger partial charge < -0.3 is 5.32 Å². The Morgan fingerprint density at radius 2 is 2.05 bits per heavy atom. The number of anilines is 1. The second-order valence-corrected chi connectivity index (χ2v) is 6.46. The third kappa shape index (κ3) is 2.84. The van der Waals surface area contributed by atoms with Crippen LogP contribution in [0.1, 0.15) is 32.8 Å². The summed E-state index contributed by atoms with van der Waals surface area (Å²) in [5.74, 6) is -0.0314. The molecule has 1 aromatic carbocycles. The van der Waals surface area contributed by atoms with Gasteiger partial charge in [-0.2, -0.15) is 0 Å². The summed E-state index contributed by atoms with van der Waals surface area (Å²) in [6.45, 7) is 7.74. The Morgan fingerprint density at radius 1 is 1.38 bits per heavy atom. The van der Waals surface area contributed by atoms with E-state index in [1.807, 2.05) is 39.0 Å². The molecule has 0 radical (unpaired) electrons. The molecule has 0 spiro atoms. The number of nitrogens with one attached hydrogen (secondary N) is 1. The van der Waals surface area contributed by atoms with Crippen molar-refractivity contribution in [2.75, 3.05) is 4.90 Å². The van der Waals surface area contributed by atoms with Crippen LogP contribution in [0, 0.1) is 12.8 Å². The molecule has 2 amide bonds. The molecule has 0 aliphatic carbocycles. The lowest BCUT2D eigenvalue weighted by atomic mass is 9.94. The average molecular weight is 353 g/mol. The van der Waals surface area contributed by atoms with Gasteiger partial charge in [0.05, 0.1) is 5.69 Å². The van der Waals surface area contributed by atoms with Gasteiger partial charge in [0.1, 0.15) is 12.1 Å². The van der Waals surface area contributed by atoms with Crippen molar-refractivity contribution in [2.24, 2.45) is 5.92 Å². The lowest BCUT2D eigenvalue weighted by Gasteiger charge is -2.39. The van der Waals surface area contributed by atoms with Crippen LogP contribution in [0.3, 0.4) is 0 Å². The van der Waals surface area contributed by atoms with Gasteiger partial charge in [-0.15, -0.1) is 0 Å². The number of nitrogens with zero attached hydrogens (tertiary/aromatic N) is 1. The molecule has 2 rings (SSSR count). The van der Waals surface area contributed by atoms with Crippen LogP contribution in [0.5, 0.6) is 0 Å². The maximum Gasteiger partial charge on any atom is 0.250 e. The number of rotatable bonds is 3. The minimum Gasteiger partial charge on any atom is -0.342 e. The minimum atomic E-state index is -0.504. The number of hydrogen-bond donors (Lipinski definition) is 1. The first kappa shape index (κ1) is 16.0. The van der Waals surface area contributed by atoms with Crippen LogP contribution in [0.25, 0.3) is 0 Å². The highest BCUT2D eigenvalue weighted by Crippen LogP contribution is 2.33. The minimum absolute atomic E-state index is 0.0391. The largest absolute Gasteiger partial charge is 0.342 e. The van der Waals surface area contributed by atoms with Gasteiger partial charge in [0.15, 0.2) is 0 Å². The van der Waals surface area contributed by atoms with E-state index in [0.29, 0.717) is 0 Å². The number of benzene rings is 1. The predicted molar refractivity (Wildman–Crippen MR) is 87.2 cm³/mol. The van der Waals surface area contributed by atoms with E-state index in [2.05, 4.69) is 21.2 Å². The summed E-state index contributed by atoms with van der Waals surface area (Å²) in [6.07, 6.45) is 0.841. The number of aryl methyl sites for hydroxylation is 1. The smallest absolute Gasteiger partial charge is 0.250 e. The van der Waals surface area contributed by atoms with E-state index in [0.717, 1.165) is 22.1 Å². The number of halogens is 1. The molecule has 3 atom stereocenters. The standard InChI is InChI=1S/C16H21BrN2O2/c1-5-9(2)14-16(21)19(11(4)15(20)18-14)12-8-6-7-10(3)13(12)17/h6-9,11,14H,5H2,1-4H3,(H,18,20). The molecular weight excluding hydrogens is 332 g/mol. The highest BCUT2D eigenvalue weighted by molar-refractivity contribution is 9.10. The molecule has 1 aromatic rings. The van der Waals surface area contributed by atoms with Crippen LogP contribution in [-0.4, -0.2) is 23.9 Å². The van der Waals surface area contributed by atoms with E-state index in [4.69, 9.17) is 0 Å². The maximum absolute atomic E-state index is 12.8. The molecule has 21 heavy (non-hydrogen) atoms. The van der Waals surface area contributed by atoms with Gasteiger partial charge in [-0.25, -0.2) is 0 Å². The van der Waals surface area contributed by atoms with Crippen molar-refractivity contribution in [1.82, 2.24) is 5.32 Å². The number of piperazine rings is 1. The highest BCUT2D eigenvalue weighted by Gasteiger charge is 2.41. The summed E-state index contributed by atoms with van der Waals surface area (Å²) in [5, 5.41) is 2.85. The van der Waals surface area contributed by atoms with Crippen molar-refractivity contribution in [1.29, 1.82) is 0 Å². The molecule has 1 heterocycles. The van der Waals surface area contributed by atoms with Crippen molar-refractivity contribution in [3.8, 4) is 0 Å². The first-order valence-electron chi connectivity index (χ1n) is 7.27. The van der Waals surface area contributed by atoms with Crippen molar-refractivity contribution >= 4 is 33.4 Å². The maximum atomic E-state index is 12.8. The zero-order valence-corrected chi connectivity index (χ0v) is 14.4. The molecule has 5 heteroatoms. The molecular formula is C16H21BrN2O2. The number of amides is 2. The third-order valence-electron chi connectivity index (χ3n) is 4.21. The number of carbonyl (C=O) groups is 2. The molecule has 1 aliphatic heterocycles. The van der Waals surface area contributed by atoms with Gasteiger partial charge in [0.25, 0.3) is 5.91 Å². The number of carbonyl (C=O) groups excluding carboxylic acids is 2. The van der Waals surface area contributed by atoms with Crippen LogP contribution < -0.4 is 10.2 Å². The zero-order chi connectivity index (χ0) is 15.7. The van der Waals surface area contributed by atoms with Crippen molar-refractivity contribution < 1.29 is 9.59 Å². The lowest BCUT2D eigenvalue weighted by Crippen LogP contribution is -2.64. The second-order valence-electron chi connectivity index (χ2n) is 5.66. The van der Waals surface area contributed by atoms with Gasteiger partial charge in [-0.05, 0) is 47.3 Å². The fraction of sp³-hybridized carbons (Fsp3) is 0.500. The molecule has 3 unspecified atom stereocenters. The summed E-state index contributed by atoms with van der Waals surface area (Å²) < 4.78 is 0.864. The van der Waals surface area contributed by atoms with Gasteiger partial charge in [-0.1, -0.05) is 32.4 Å². The molecule has 1 fully saturated rings. The summed E-state index contributed by atoms with van der Waals surface area (Å²) in [7, 11) is 0. The fourth-order valence-corrected chi connectivity index (χ4v) is 3.02. The first-order chi connectivity index (χ1) is 9.88. The average Bonchev–Trinajstić information content (AvgIpc) is 2.46. The molecule has 1 saturated heterocycles. The topological polar surface area (TPSA) is 49.4 Å². The summed E-state index contributed by atoms with van der Waals surface area (Å²) in [4.78, 5) is 26.7. The second kappa shape index (κ2) is 6.18. The van der Waals surface area contributed by atoms with Crippen molar-refractivity contribution in [2.45, 2.75) is 46.2 Å². The molecule has 0 aromatic heterocycles. The Hall–Kier alpha value is -1.36. The first-order valence-corrected chi connectivity index (χ1v) is 8.06. The van der Waals surface area contributed by atoms with Crippen LogP contribution >= 0.6 is 15.9 Å². The Bertz CT molecular complexity index is 573. The molecule has 4 nitrogen and oxygen atoms in total. The zero-order valence-electron chi connectivity index (χ0n) is 12.8. The molecule has 0 bridgehead atoms. The Balaban J connectivity index is 2.46. The summed E-state index contributed by atoms with van der Waals surface area (Å²) >= 11 is 3.54. The molecule has 1 aliphatic rings. The van der Waals surface area contributed by atoms with E-state index in [1.165, 1.54) is 0 Å². The number of hydrogen-bond acceptors (Lipinski definition) is 2. The summed E-state index contributed by atoms with van der Waals surface area (Å²) in [5.41, 5.74) is 1.80. The molecule has 0 saturated carbocycles. The van der Waals surface area contributed by atoms with E-state index in [1.54, 1.807) is 11.8 Å². The molecule has 1 N–H and O–H groups in total. The normalized spacial score (nSPS) is 24.0. The SMILES string of the molecule is CCC(C)C1NC(=O)C(C)N(c2cccc(C)c2Br)C1=O.